The Labute approximate surface area is 76.7 Å². The first-order valence-electron chi connectivity index (χ1n) is 3.84. The Morgan fingerprint density at radius 2 is 2.15 bits per heavy atom. The molecule has 0 fully saturated rings. The maximum absolute atomic E-state index is 5.72. The van der Waals surface area contributed by atoms with Gasteiger partial charge in [-0.1, -0.05) is 0 Å². The van der Waals surface area contributed by atoms with Crippen molar-refractivity contribution < 1.29 is 4.42 Å². The van der Waals surface area contributed by atoms with E-state index >= 15 is 0 Å². The summed E-state index contributed by atoms with van der Waals surface area (Å²) in [7, 11) is 0. The number of rotatable bonds is 2. The maximum atomic E-state index is 5.72. The minimum absolute atomic E-state index is 0.407. The van der Waals surface area contributed by atoms with E-state index in [1.807, 2.05) is 0 Å². The van der Waals surface area contributed by atoms with Crippen molar-refractivity contribution in [1.82, 2.24) is 0 Å². The minimum Gasteiger partial charge on any atom is -0.463 e. The third kappa shape index (κ3) is 1.84. The Hall–Kier alpha value is -1.84. The average Bonchev–Trinajstić information content (AvgIpc) is 2.67. The Morgan fingerprint density at radius 1 is 1.46 bits per heavy atom. The van der Waals surface area contributed by atoms with Crippen LogP contribution in [0.4, 0.5) is 0 Å². The molecular weight excluding hydrogens is 166 g/mol. The molecule has 0 aliphatic heterocycles. The lowest BCUT2D eigenvalue weighted by molar-refractivity contribution is 0.551. The summed E-state index contributed by atoms with van der Waals surface area (Å²) >= 11 is 0. The normalized spacial score (nSPS) is 14.1. The van der Waals surface area contributed by atoms with E-state index in [-0.39, 0.29) is 0 Å². The van der Waals surface area contributed by atoms with E-state index in [0.29, 0.717) is 17.2 Å². The van der Waals surface area contributed by atoms with Crippen LogP contribution in [0.3, 0.4) is 0 Å². The van der Waals surface area contributed by atoms with Crippen molar-refractivity contribution in [2.75, 3.05) is 0 Å². The molecule has 4 heteroatoms. The highest BCUT2D eigenvalue weighted by Gasteiger charge is 2.05. The van der Waals surface area contributed by atoms with Gasteiger partial charge in [-0.05, 0) is 30.8 Å². The molecule has 6 N–H and O–H groups in total. The van der Waals surface area contributed by atoms with Gasteiger partial charge in [-0.3, -0.25) is 0 Å². The highest BCUT2D eigenvalue weighted by molar-refractivity contribution is 5.65. The van der Waals surface area contributed by atoms with Crippen LogP contribution in [0.5, 0.6) is 0 Å². The zero-order chi connectivity index (χ0) is 9.84. The molecule has 4 nitrogen and oxygen atoms in total. The first kappa shape index (κ1) is 9.25. The fourth-order valence-electron chi connectivity index (χ4n) is 0.867. The predicted octanol–water partition coefficient (Wildman–Crippen LogP) is 0.728. The molecule has 0 amide bonds. The number of allylic oxidation sites excluding steroid dienone is 1. The summed E-state index contributed by atoms with van der Waals surface area (Å²) in [6, 6.07) is 3.49. The number of hydrogen-bond donors (Lipinski definition) is 3. The number of nitrogens with two attached hydrogens (primary N) is 3. The molecule has 0 radical (unpaired) electrons. The lowest BCUT2D eigenvalue weighted by Gasteiger charge is -2.04. The molecule has 0 saturated heterocycles. The van der Waals surface area contributed by atoms with Gasteiger partial charge in [0.1, 0.15) is 0 Å². The molecule has 70 valence electrons. The fraction of sp³-hybridized carbons (Fsp3) is 0.111. The second-order valence-corrected chi connectivity index (χ2v) is 2.65. The molecule has 1 aromatic rings. The standard InChI is InChI=1S/C9H13N3O/c1-6(5-10)8(11)9(12)7-3-2-4-13-7/h2-5H,10-12H2,1H3/b6-5-,9-8+. The Kier molecular flexibility index (Phi) is 2.64. The van der Waals surface area contributed by atoms with E-state index in [1.54, 1.807) is 19.1 Å². The lowest BCUT2D eigenvalue weighted by Crippen LogP contribution is -2.10. The van der Waals surface area contributed by atoms with Gasteiger partial charge in [0.25, 0.3) is 0 Å². The molecule has 0 saturated carbocycles. The van der Waals surface area contributed by atoms with Gasteiger partial charge >= 0.3 is 0 Å². The van der Waals surface area contributed by atoms with Gasteiger partial charge in [0.15, 0.2) is 5.76 Å². The van der Waals surface area contributed by atoms with Gasteiger partial charge in [0.05, 0.1) is 17.7 Å². The third-order valence-corrected chi connectivity index (χ3v) is 1.75. The first-order valence-corrected chi connectivity index (χ1v) is 3.84. The van der Waals surface area contributed by atoms with E-state index in [0.717, 1.165) is 5.57 Å². The van der Waals surface area contributed by atoms with Crippen LogP contribution in [-0.4, -0.2) is 0 Å². The Bertz CT molecular complexity index is 336. The SMILES string of the molecule is CC(=C/N)/C(N)=C(\N)c1ccco1. The van der Waals surface area contributed by atoms with Gasteiger partial charge in [0.2, 0.25) is 0 Å². The van der Waals surface area contributed by atoms with Crippen LogP contribution in [0, 0.1) is 0 Å². The average molecular weight is 179 g/mol. The number of hydrogen-bond acceptors (Lipinski definition) is 4. The first-order chi connectivity index (χ1) is 6.16. The zero-order valence-corrected chi connectivity index (χ0v) is 7.45. The molecule has 0 spiro atoms. The monoisotopic (exact) mass is 179 g/mol. The highest BCUT2D eigenvalue weighted by Crippen LogP contribution is 2.15. The number of furan rings is 1. The maximum Gasteiger partial charge on any atom is 0.151 e. The van der Waals surface area contributed by atoms with E-state index in [4.69, 9.17) is 21.6 Å². The summed E-state index contributed by atoms with van der Waals surface area (Å²) in [6.45, 7) is 1.78. The van der Waals surface area contributed by atoms with Gasteiger partial charge in [-0.25, -0.2) is 0 Å². The molecule has 1 rings (SSSR count). The van der Waals surface area contributed by atoms with Crippen molar-refractivity contribution in [2.45, 2.75) is 6.92 Å². The molecule has 0 unspecified atom stereocenters. The van der Waals surface area contributed by atoms with Gasteiger partial charge < -0.3 is 21.6 Å². The highest BCUT2D eigenvalue weighted by atomic mass is 16.3. The fourth-order valence-corrected chi connectivity index (χ4v) is 0.867. The van der Waals surface area contributed by atoms with Crippen LogP contribution in [0.1, 0.15) is 12.7 Å². The summed E-state index contributed by atoms with van der Waals surface area (Å²) < 4.78 is 5.08. The molecule has 0 aromatic carbocycles. The summed E-state index contributed by atoms with van der Waals surface area (Å²) in [4.78, 5) is 0. The van der Waals surface area contributed by atoms with Crippen LogP contribution >= 0.6 is 0 Å². The van der Waals surface area contributed by atoms with Crippen molar-refractivity contribution >= 4 is 5.70 Å². The second-order valence-electron chi connectivity index (χ2n) is 2.65. The molecule has 0 aliphatic rings. The van der Waals surface area contributed by atoms with Crippen molar-refractivity contribution in [3.63, 3.8) is 0 Å². The van der Waals surface area contributed by atoms with E-state index in [9.17, 15) is 0 Å². The quantitative estimate of drug-likeness (QED) is 0.583. The van der Waals surface area contributed by atoms with Gasteiger partial charge in [-0.15, -0.1) is 0 Å². The van der Waals surface area contributed by atoms with Crippen molar-refractivity contribution in [1.29, 1.82) is 0 Å². The molecule has 1 aromatic heterocycles. The molecular formula is C9H13N3O. The topological polar surface area (TPSA) is 91.2 Å². The van der Waals surface area contributed by atoms with E-state index in [2.05, 4.69) is 0 Å². The van der Waals surface area contributed by atoms with Gasteiger partial charge in [0, 0.05) is 0 Å². The van der Waals surface area contributed by atoms with Crippen molar-refractivity contribution in [2.24, 2.45) is 17.2 Å². The smallest absolute Gasteiger partial charge is 0.151 e. The molecule has 0 aliphatic carbocycles. The van der Waals surface area contributed by atoms with Crippen LogP contribution < -0.4 is 17.2 Å². The van der Waals surface area contributed by atoms with Crippen LogP contribution in [0.2, 0.25) is 0 Å². The second kappa shape index (κ2) is 3.71. The molecule has 0 atom stereocenters. The van der Waals surface area contributed by atoms with E-state index in [1.165, 1.54) is 12.5 Å². The molecule has 13 heavy (non-hydrogen) atoms. The molecule has 1 heterocycles. The van der Waals surface area contributed by atoms with Crippen LogP contribution in [0.15, 0.2) is 40.3 Å². The van der Waals surface area contributed by atoms with Crippen LogP contribution in [0.25, 0.3) is 5.70 Å². The summed E-state index contributed by atoms with van der Waals surface area (Å²) in [5, 5.41) is 0. The van der Waals surface area contributed by atoms with Crippen molar-refractivity contribution in [3.8, 4) is 0 Å². The summed E-state index contributed by atoms with van der Waals surface area (Å²) in [6.07, 6.45) is 2.95. The minimum atomic E-state index is 0.407. The van der Waals surface area contributed by atoms with Gasteiger partial charge in [-0.2, -0.15) is 0 Å². The Morgan fingerprint density at radius 3 is 2.62 bits per heavy atom. The third-order valence-electron chi connectivity index (χ3n) is 1.75. The van der Waals surface area contributed by atoms with Crippen LogP contribution in [-0.2, 0) is 0 Å². The predicted molar refractivity (Wildman–Crippen MR) is 51.9 cm³/mol. The molecule has 0 bridgehead atoms. The zero-order valence-electron chi connectivity index (χ0n) is 7.45. The Balaban J connectivity index is 3.06. The summed E-state index contributed by atoms with van der Waals surface area (Å²) in [5.41, 5.74) is 18.3. The lowest BCUT2D eigenvalue weighted by atomic mass is 10.2. The van der Waals surface area contributed by atoms with Crippen molar-refractivity contribution in [3.05, 3.63) is 41.6 Å². The summed E-state index contributed by atoms with van der Waals surface area (Å²) in [5.74, 6) is 0.554. The van der Waals surface area contributed by atoms with E-state index < -0.39 is 0 Å². The largest absolute Gasteiger partial charge is 0.463 e.